The summed E-state index contributed by atoms with van der Waals surface area (Å²) in [4.78, 5) is 9.70. The Kier molecular flexibility index (Phi) is 6.19. The van der Waals surface area contributed by atoms with E-state index in [1.165, 1.54) is 56.3 Å². The van der Waals surface area contributed by atoms with Crippen LogP contribution in [0, 0.1) is 29.8 Å². The third kappa shape index (κ3) is 4.86. The number of halogens is 1. The lowest BCUT2D eigenvalue weighted by atomic mass is 10.2. The van der Waals surface area contributed by atoms with Crippen LogP contribution >= 0.6 is 0 Å². The van der Waals surface area contributed by atoms with Gasteiger partial charge in [0.2, 0.25) is 0 Å². The molecule has 0 saturated heterocycles. The SMILES string of the molecule is Cc1ccc([N+](=O)[O-])cc1S(=O)(=O)Nc1ccc(C)c(S(=O)(=O)Nc2ccccc2F)c1. The summed E-state index contributed by atoms with van der Waals surface area (Å²) in [6, 6.07) is 12.4. The summed E-state index contributed by atoms with van der Waals surface area (Å²) >= 11 is 0. The zero-order chi connectivity index (χ0) is 23.7. The third-order valence-electron chi connectivity index (χ3n) is 4.52. The van der Waals surface area contributed by atoms with Gasteiger partial charge in [-0.05, 0) is 49.2 Å². The molecule has 3 rings (SSSR count). The zero-order valence-electron chi connectivity index (χ0n) is 16.9. The van der Waals surface area contributed by atoms with E-state index in [0.717, 1.165) is 18.2 Å². The number of hydrogen-bond donors (Lipinski definition) is 2. The molecule has 168 valence electrons. The van der Waals surface area contributed by atoms with Crippen LogP contribution in [0.5, 0.6) is 0 Å². The number of anilines is 2. The molecule has 0 aliphatic rings. The standard InChI is InChI=1S/C20H18FN3O6S2/c1-13-7-9-15(11-19(13)32(29,30)23-18-6-4-3-5-17(18)21)22-31(27,28)20-12-16(24(25)26)10-8-14(20)2/h3-12,22-23H,1-2H3. The first kappa shape index (κ1) is 23.2. The Balaban J connectivity index is 1.98. The van der Waals surface area contributed by atoms with Gasteiger partial charge in [-0.2, -0.15) is 0 Å². The molecule has 0 amide bonds. The van der Waals surface area contributed by atoms with Crippen LogP contribution in [0.25, 0.3) is 0 Å². The van der Waals surface area contributed by atoms with Crippen molar-refractivity contribution < 1.29 is 26.1 Å². The fraction of sp³-hybridized carbons (Fsp3) is 0.100. The predicted octanol–water partition coefficient (Wildman–Crippen LogP) is 3.95. The first-order chi connectivity index (χ1) is 14.9. The molecule has 9 nitrogen and oxygen atoms in total. The summed E-state index contributed by atoms with van der Waals surface area (Å²) in [6.45, 7) is 2.97. The number of nitro benzene ring substituents is 1. The van der Waals surface area contributed by atoms with Crippen molar-refractivity contribution in [2.45, 2.75) is 23.6 Å². The van der Waals surface area contributed by atoms with Crippen molar-refractivity contribution >= 4 is 37.1 Å². The second kappa shape index (κ2) is 8.55. The Hall–Kier alpha value is -3.51. The number of nitro groups is 1. The maximum absolute atomic E-state index is 13.9. The average molecular weight is 480 g/mol. The van der Waals surface area contributed by atoms with E-state index in [2.05, 4.69) is 9.44 Å². The van der Waals surface area contributed by atoms with E-state index in [-0.39, 0.29) is 26.7 Å². The molecule has 0 atom stereocenters. The van der Waals surface area contributed by atoms with E-state index >= 15 is 0 Å². The van der Waals surface area contributed by atoms with Gasteiger partial charge in [-0.15, -0.1) is 0 Å². The first-order valence-corrected chi connectivity index (χ1v) is 12.0. The molecule has 0 saturated carbocycles. The van der Waals surface area contributed by atoms with Crippen molar-refractivity contribution in [2.24, 2.45) is 0 Å². The number of sulfonamides is 2. The maximum atomic E-state index is 13.9. The number of aryl methyl sites for hydroxylation is 2. The molecule has 0 fully saturated rings. The third-order valence-corrected chi connectivity index (χ3v) is 7.55. The number of benzene rings is 3. The van der Waals surface area contributed by atoms with Crippen LogP contribution in [-0.2, 0) is 20.0 Å². The number of nitrogens with one attached hydrogen (secondary N) is 2. The highest BCUT2D eigenvalue weighted by molar-refractivity contribution is 7.93. The lowest BCUT2D eigenvalue weighted by Gasteiger charge is -2.14. The summed E-state index contributed by atoms with van der Waals surface area (Å²) in [5, 5.41) is 11.0. The molecular weight excluding hydrogens is 461 g/mol. The normalized spacial score (nSPS) is 11.7. The monoisotopic (exact) mass is 479 g/mol. The Morgan fingerprint density at radius 3 is 2.00 bits per heavy atom. The summed E-state index contributed by atoms with van der Waals surface area (Å²) in [5.41, 5.74) is -0.189. The molecule has 0 unspecified atom stereocenters. The topological polar surface area (TPSA) is 135 Å². The number of hydrogen-bond acceptors (Lipinski definition) is 6. The van der Waals surface area contributed by atoms with Gasteiger partial charge in [0.25, 0.3) is 25.7 Å². The van der Waals surface area contributed by atoms with Crippen LogP contribution in [0.2, 0.25) is 0 Å². The van der Waals surface area contributed by atoms with Crippen LogP contribution in [-0.4, -0.2) is 21.8 Å². The van der Waals surface area contributed by atoms with Gasteiger partial charge in [-0.3, -0.25) is 19.6 Å². The van der Waals surface area contributed by atoms with Crippen LogP contribution in [0.1, 0.15) is 11.1 Å². The van der Waals surface area contributed by atoms with Crippen molar-refractivity contribution in [3.05, 3.63) is 87.7 Å². The number of non-ortho nitro benzene ring substituents is 1. The highest BCUT2D eigenvalue weighted by atomic mass is 32.2. The highest BCUT2D eigenvalue weighted by Gasteiger charge is 2.23. The zero-order valence-corrected chi connectivity index (χ0v) is 18.5. The summed E-state index contributed by atoms with van der Waals surface area (Å²) in [7, 11) is -8.52. The maximum Gasteiger partial charge on any atom is 0.270 e. The quantitative estimate of drug-likeness (QED) is 0.389. The fourth-order valence-electron chi connectivity index (χ4n) is 2.90. The highest BCUT2D eigenvalue weighted by Crippen LogP contribution is 2.27. The molecule has 3 aromatic carbocycles. The van der Waals surface area contributed by atoms with Crippen molar-refractivity contribution in [1.82, 2.24) is 0 Å². The summed E-state index contributed by atoms with van der Waals surface area (Å²) in [5.74, 6) is -0.772. The Bertz CT molecular complexity index is 1420. The van der Waals surface area contributed by atoms with Crippen molar-refractivity contribution in [1.29, 1.82) is 0 Å². The van der Waals surface area contributed by atoms with Crippen LogP contribution in [0.4, 0.5) is 21.5 Å². The number of rotatable bonds is 7. The molecule has 3 aromatic rings. The fourth-order valence-corrected chi connectivity index (χ4v) is 5.55. The predicted molar refractivity (Wildman–Crippen MR) is 117 cm³/mol. The first-order valence-electron chi connectivity index (χ1n) is 9.06. The van der Waals surface area contributed by atoms with E-state index in [4.69, 9.17) is 0 Å². The molecular formula is C20H18FN3O6S2. The van der Waals surface area contributed by atoms with E-state index in [1.54, 1.807) is 0 Å². The van der Waals surface area contributed by atoms with E-state index in [1.807, 2.05) is 0 Å². The molecule has 2 N–H and O–H groups in total. The minimum atomic E-state index is -4.27. The van der Waals surface area contributed by atoms with Gasteiger partial charge in [-0.1, -0.05) is 24.3 Å². The number of nitrogens with zero attached hydrogens (tertiary/aromatic N) is 1. The molecule has 0 bridgehead atoms. The van der Waals surface area contributed by atoms with E-state index < -0.39 is 36.5 Å². The minimum Gasteiger partial charge on any atom is -0.280 e. The largest absolute Gasteiger partial charge is 0.280 e. The van der Waals surface area contributed by atoms with Gasteiger partial charge in [-0.25, -0.2) is 21.2 Å². The molecule has 0 spiro atoms. The van der Waals surface area contributed by atoms with Crippen LogP contribution in [0.15, 0.2) is 70.5 Å². The minimum absolute atomic E-state index is 0.0876. The van der Waals surface area contributed by atoms with Crippen molar-refractivity contribution in [3.8, 4) is 0 Å². The molecule has 0 radical (unpaired) electrons. The van der Waals surface area contributed by atoms with Gasteiger partial charge in [0.15, 0.2) is 0 Å². The smallest absolute Gasteiger partial charge is 0.270 e. The van der Waals surface area contributed by atoms with Crippen molar-refractivity contribution in [3.63, 3.8) is 0 Å². The molecule has 0 aliphatic carbocycles. The second-order valence-corrected chi connectivity index (χ2v) is 10.2. The molecule has 12 heteroatoms. The van der Waals surface area contributed by atoms with Crippen molar-refractivity contribution in [2.75, 3.05) is 9.44 Å². The summed E-state index contributed by atoms with van der Waals surface area (Å²) < 4.78 is 69.5. The molecule has 32 heavy (non-hydrogen) atoms. The average Bonchev–Trinajstić information content (AvgIpc) is 2.70. The van der Waals surface area contributed by atoms with E-state index in [0.29, 0.717) is 5.56 Å². The van der Waals surface area contributed by atoms with Gasteiger partial charge in [0.1, 0.15) is 5.82 Å². The summed E-state index contributed by atoms with van der Waals surface area (Å²) in [6.07, 6.45) is 0. The second-order valence-electron chi connectivity index (χ2n) is 6.88. The Morgan fingerprint density at radius 2 is 1.38 bits per heavy atom. The van der Waals surface area contributed by atoms with Gasteiger partial charge in [0.05, 0.1) is 26.1 Å². The van der Waals surface area contributed by atoms with Gasteiger partial charge < -0.3 is 0 Å². The van der Waals surface area contributed by atoms with Crippen LogP contribution in [0.3, 0.4) is 0 Å². The molecule has 0 heterocycles. The van der Waals surface area contributed by atoms with E-state index in [9.17, 15) is 31.3 Å². The Labute approximate surface area is 184 Å². The van der Waals surface area contributed by atoms with Gasteiger partial charge >= 0.3 is 0 Å². The lowest BCUT2D eigenvalue weighted by molar-refractivity contribution is -0.385. The molecule has 0 aliphatic heterocycles. The van der Waals surface area contributed by atoms with Gasteiger partial charge in [0, 0.05) is 12.1 Å². The van der Waals surface area contributed by atoms with Crippen LogP contribution < -0.4 is 9.44 Å². The number of para-hydroxylation sites is 1. The lowest BCUT2D eigenvalue weighted by Crippen LogP contribution is -2.17. The Morgan fingerprint density at radius 1 is 0.812 bits per heavy atom. The molecule has 0 aromatic heterocycles.